The number of nitrogens with zero attached hydrogens (tertiary/aromatic N) is 1. The highest BCUT2D eigenvalue weighted by Crippen LogP contribution is 2.35. The lowest BCUT2D eigenvalue weighted by Crippen LogP contribution is -2.36. The fraction of sp³-hybridized carbons (Fsp3) is 0.786. The van der Waals surface area contributed by atoms with Gasteiger partial charge in [0.15, 0.2) is 4.77 Å². The molecule has 1 atom stereocenters. The van der Waals surface area contributed by atoms with Gasteiger partial charge in [-0.05, 0) is 38.9 Å². The minimum atomic E-state index is -0.0515. The van der Waals surface area contributed by atoms with Crippen molar-refractivity contribution < 1.29 is 4.74 Å². The largest absolute Gasteiger partial charge is 0.375 e. The summed E-state index contributed by atoms with van der Waals surface area (Å²) in [6.07, 6.45) is 4.12. The van der Waals surface area contributed by atoms with E-state index in [4.69, 9.17) is 17.0 Å². The minimum Gasteiger partial charge on any atom is -0.375 e. The van der Waals surface area contributed by atoms with E-state index in [2.05, 4.69) is 50.4 Å². The molecule has 2 rings (SSSR count). The van der Waals surface area contributed by atoms with Crippen LogP contribution in [0.2, 0.25) is 0 Å². The molecular weight excluding hydrogens is 244 g/mol. The van der Waals surface area contributed by atoms with E-state index in [1.807, 2.05) is 0 Å². The number of nitrogens with one attached hydrogen (secondary N) is 1. The van der Waals surface area contributed by atoms with Crippen molar-refractivity contribution in [3.05, 3.63) is 16.7 Å². The first-order valence-electron chi connectivity index (χ1n) is 6.65. The number of aromatic nitrogens is 2. The fourth-order valence-electron chi connectivity index (χ4n) is 2.74. The highest BCUT2D eigenvalue weighted by molar-refractivity contribution is 7.71. The summed E-state index contributed by atoms with van der Waals surface area (Å²) < 4.78 is 8.94. The Morgan fingerprint density at radius 3 is 2.67 bits per heavy atom. The molecule has 0 aromatic carbocycles. The average Bonchev–Trinajstić information content (AvgIpc) is 2.58. The van der Waals surface area contributed by atoms with Gasteiger partial charge in [-0.25, -0.2) is 0 Å². The van der Waals surface area contributed by atoms with Crippen molar-refractivity contribution in [1.82, 2.24) is 9.55 Å². The van der Waals surface area contributed by atoms with Gasteiger partial charge >= 0.3 is 0 Å². The van der Waals surface area contributed by atoms with Crippen molar-refractivity contribution >= 4 is 12.2 Å². The summed E-state index contributed by atoms with van der Waals surface area (Å²) in [5, 5.41) is 0. The molecule has 1 unspecified atom stereocenters. The summed E-state index contributed by atoms with van der Waals surface area (Å²) in [5.74, 6) is 0. The number of ether oxygens (including phenoxy) is 1. The molecule has 3 nitrogen and oxygen atoms in total. The van der Waals surface area contributed by atoms with E-state index in [0.717, 1.165) is 24.2 Å². The van der Waals surface area contributed by atoms with Crippen LogP contribution in [-0.2, 0) is 10.2 Å². The van der Waals surface area contributed by atoms with E-state index < -0.39 is 0 Å². The molecule has 0 radical (unpaired) electrons. The smallest absolute Gasteiger partial charge is 0.177 e. The number of aromatic amines is 1. The zero-order valence-corrected chi connectivity index (χ0v) is 12.9. The van der Waals surface area contributed by atoms with Crippen molar-refractivity contribution in [2.75, 3.05) is 6.61 Å². The second kappa shape index (κ2) is 4.49. The van der Waals surface area contributed by atoms with Gasteiger partial charge in [0.2, 0.25) is 0 Å². The number of hydrogen-bond donors (Lipinski definition) is 1. The molecular formula is C14H24N2OS. The maximum atomic E-state index is 5.80. The second-order valence-corrected chi connectivity index (χ2v) is 7.24. The summed E-state index contributed by atoms with van der Waals surface area (Å²) >= 11 is 5.46. The number of rotatable bonds is 1. The lowest BCUT2D eigenvalue weighted by atomic mass is 9.89. The first-order valence-corrected chi connectivity index (χ1v) is 7.06. The van der Waals surface area contributed by atoms with Gasteiger partial charge in [-0.3, -0.25) is 0 Å². The Bertz CT molecular complexity index is 479. The monoisotopic (exact) mass is 268 g/mol. The van der Waals surface area contributed by atoms with E-state index in [1.165, 1.54) is 5.69 Å². The Labute approximate surface area is 115 Å². The highest BCUT2D eigenvalue weighted by Gasteiger charge is 2.32. The summed E-state index contributed by atoms with van der Waals surface area (Å²) in [6.45, 7) is 11.8. The van der Waals surface area contributed by atoms with Crippen molar-refractivity contribution in [3.8, 4) is 0 Å². The molecule has 2 heterocycles. The third-order valence-electron chi connectivity index (χ3n) is 3.62. The molecule has 1 fully saturated rings. The van der Waals surface area contributed by atoms with Crippen molar-refractivity contribution in [2.24, 2.45) is 0 Å². The van der Waals surface area contributed by atoms with Crippen LogP contribution >= 0.6 is 12.2 Å². The van der Waals surface area contributed by atoms with Crippen LogP contribution in [0, 0.1) is 4.77 Å². The van der Waals surface area contributed by atoms with Crippen molar-refractivity contribution in [2.45, 2.75) is 64.5 Å². The van der Waals surface area contributed by atoms with Gasteiger partial charge in [-0.15, -0.1) is 0 Å². The number of hydrogen-bond acceptors (Lipinski definition) is 2. The van der Waals surface area contributed by atoms with E-state index in [9.17, 15) is 0 Å². The molecule has 0 saturated carbocycles. The summed E-state index contributed by atoms with van der Waals surface area (Å²) in [5.41, 5.74) is 1.34. The minimum absolute atomic E-state index is 0.0515. The predicted molar refractivity (Wildman–Crippen MR) is 76.6 cm³/mol. The quantitative estimate of drug-likeness (QED) is 0.781. The van der Waals surface area contributed by atoms with Gasteiger partial charge in [0.1, 0.15) is 0 Å². The first-order chi connectivity index (χ1) is 8.21. The fourth-order valence-corrected chi connectivity index (χ4v) is 3.05. The van der Waals surface area contributed by atoms with Crippen LogP contribution in [0.1, 0.15) is 59.2 Å². The molecule has 1 saturated heterocycles. The van der Waals surface area contributed by atoms with E-state index in [1.54, 1.807) is 0 Å². The third-order valence-corrected chi connectivity index (χ3v) is 3.93. The van der Waals surface area contributed by atoms with E-state index in [-0.39, 0.29) is 11.0 Å². The predicted octanol–water partition coefficient (Wildman–Crippen LogP) is 3.97. The standard InChI is InChI=1S/C14H24N2OS/c1-13(2,3)11-9-15-12(18)16(11)10-6-7-17-14(4,5)8-10/h9-10H,6-8H2,1-5H3,(H,15,18). The normalized spacial score (nSPS) is 24.2. The number of imidazole rings is 1. The molecule has 18 heavy (non-hydrogen) atoms. The maximum absolute atomic E-state index is 5.80. The van der Waals surface area contributed by atoms with E-state index in [0.29, 0.717) is 6.04 Å². The summed E-state index contributed by atoms with van der Waals surface area (Å²) in [6, 6.07) is 0.446. The average molecular weight is 268 g/mol. The van der Waals surface area contributed by atoms with Gasteiger partial charge < -0.3 is 14.3 Å². The summed E-state index contributed by atoms with van der Waals surface area (Å²) in [4.78, 5) is 3.21. The molecule has 102 valence electrons. The van der Waals surface area contributed by atoms with Gasteiger partial charge in [0.05, 0.1) is 5.60 Å². The van der Waals surface area contributed by atoms with Gasteiger partial charge in [0.25, 0.3) is 0 Å². The SMILES string of the molecule is CC1(C)CC(n2c(C(C)(C)C)c[nH]c2=S)CCO1. The van der Waals surface area contributed by atoms with Gasteiger partial charge in [-0.1, -0.05) is 20.8 Å². The van der Waals surface area contributed by atoms with Crippen LogP contribution in [0.4, 0.5) is 0 Å². The second-order valence-electron chi connectivity index (χ2n) is 6.85. The molecule has 1 aromatic rings. The highest BCUT2D eigenvalue weighted by atomic mass is 32.1. The molecule has 1 aromatic heterocycles. The zero-order chi connectivity index (χ0) is 13.6. The molecule has 4 heteroatoms. The lowest BCUT2D eigenvalue weighted by Gasteiger charge is -2.37. The van der Waals surface area contributed by atoms with Crippen LogP contribution in [0.5, 0.6) is 0 Å². The maximum Gasteiger partial charge on any atom is 0.177 e. The van der Waals surface area contributed by atoms with Crippen LogP contribution in [0.15, 0.2) is 6.20 Å². The number of H-pyrrole nitrogens is 1. The Morgan fingerprint density at radius 1 is 1.44 bits per heavy atom. The molecule has 1 aliphatic heterocycles. The molecule has 0 amide bonds. The Balaban J connectivity index is 2.39. The molecule has 0 bridgehead atoms. The molecule has 0 aliphatic carbocycles. The van der Waals surface area contributed by atoms with Crippen molar-refractivity contribution in [3.63, 3.8) is 0 Å². The van der Waals surface area contributed by atoms with Crippen LogP contribution in [-0.4, -0.2) is 21.8 Å². The molecule has 0 spiro atoms. The Hall–Kier alpha value is -0.610. The molecule has 1 aliphatic rings. The van der Waals surface area contributed by atoms with Crippen LogP contribution < -0.4 is 0 Å². The summed E-state index contributed by atoms with van der Waals surface area (Å²) in [7, 11) is 0. The molecule has 1 N–H and O–H groups in total. The topological polar surface area (TPSA) is 29.9 Å². The third kappa shape index (κ3) is 2.69. The Morgan fingerprint density at radius 2 is 2.11 bits per heavy atom. The first kappa shape index (κ1) is 13.8. The van der Waals surface area contributed by atoms with Crippen LogP contribution in [0.25, 0.3) is 0 Å². The van der Waals surface area contributed by atoms with Gasteiger partial charge in [0, 0.05) is 30.0 Å². The van der Waals surface area contributed by atoms with Gasteiger partial charge in [-0.2, -0.15) is 0 Å². The van der Waals surface area contributed by atoms with E-state index >= 15 is 0 Å². The van der Waals surface area contributed by atoms with Crippen LogP contribution in [0.3, 0.4) is 0 Å². The van der Waals surface area contributed by atoms with Crippen molar-refractivity contribution in [1.29, 1.82) is 0 Å². The lowest BCUT2D eigenvalue weighted by molar-refractivity contribution is -0.0698. The Kier molecular flexibility index (Phi) is 3.45. The zero-order valence-electron chi connectivity index (χ0n) is 12.0.